The fourth-order valence-corrected chi connectivity index (χ4v) is 11.0. The molecule has 0 bridgehead atoms. The molecule has 0 spiro atoms. The van der Waals surface area contributed by atoms with Gasteiger partial charge in [0.05, 0.1) is 27.3 Å². The number of carbonyl (C=O) groups excluding carboxylic acids is 3. The summed E-state index contributed by atoms with van der Waals surface area (Å²) in [5.74, 6) is -0.478. The van der Waals surface area contributed by atoms with Crippen LogP contribution in [0.5, 0.6) is 11.5 Å². The van der Waals surface area contributed by atoms with E-state index in [2.05, 4.69) is 55.7 Å². The Bertz CT molecular complexity index is 3360. The number of amides is 3. The van der Waals surface area contributed by atoms with Crippen molar-refractivity contribution >= 4 is 72.8 Å². The number of anilines is 3. The number of piperidine rings is 1. The maximum Gasteiger partial charge on any atom is 0.355 e. The fraction of sp³-hybridized carbons (Fsp3) is 0.255. The zero-order valence-corrected chi connectivity index (χ0v) is 40.2. The number of aromatic carboxylic acids is 1. The van der Waals surface area contributed by atoms with Gasteiger partial charge in [0, 0.05) is 81.5 Å². The van der Waals surface area contributed by atoms with Crippen molar-refractivity contribution in [2.75, 3.05) is 54.4 Å². The average molecular weight is 966 g/mol. The molecule has 1 unspecified atom stereocenters. The van der Waals surface area contributed by atoms with Crippen molar-refractivity contribution in [3.8, 4) is 22.6 Å². The van der Waals surface area contributed by atoms with Gasteiger partial charge in [0.25, 0.3) is 5.91 Å². The molecule has 2 fully saturated rings. The Labute approximate surface area is 413 Å². The van der Waals surface area contributed by atoms with Crippen LogP contribution in [0.15, 0.2) is 115 Å². The molecule has 3 aliphatic heterocycles. The van der Waals surface area contributed by atoms with Gasteiger partial charge in [0.15, 0.2) is 10.8 Å². The van der Waals surface area contributed by atoms with Crippen LogP contribution in [0.4, 0.5) is 16.6 Å². The fourth-order valence-electron chi connectivity index (χ4n) is 10.2. The largest absolute Gasteiger partial charge is 0.476 e. The van der Waals surface area contributed by atoms with Gasteiger partial charge in [-0.3, -0.25) is 34.6 Å². The molecular formula is C55H51N9O6S. The first-order valence-electron chi connectivity index (χ1n) is 23.9. The first-order chi connectivity index (χ1) is 34.5. The van der Waals surface area contributed by atoms with Crippen molar-refractivity contribution in [3.05, 3.63) is 154 Å². The topological polar surface area (TPSA) is 175 Å². The first-order valence-corrected chi connectivity index (χ1v) is 24.8. The third kappa shape index (κ3) is 9.19. The van der Waals surface area contributed by atoms with Crippen molar-refractivity contribution in [1.82, 2.24) is 30.0 Å². The van der Waals surface area contributed by atoms with Crippen molar-refractivity contribution < 1.29 is 29.0 Å². The molecular weight excluding hydrogens is 915 g/mol. The summed E-state index contributed by atoms with van der Waals surface area (Å²) in [5, 5.41) is 22.2. The van der Waals surface area contributed by atoms with Crippen molar-refractivity contribution in [2.24, 2.45) is 7.05 Å². The lowest BCUT2D eigenvalue weighted by Gasteiger charge is -2.36. The van der Waals surface area contributed by atoms with E-state index in [4.69, 9.17) is 14.8 Å². The van der Waals surface area contributed by atoms with Crippen LogP contribution in [-0.4, -0.2) is 92.7 Å². The summed E-state index contributed by atoms with van der Waals surface area (Å²) in [7, 11) is 1.90. The Morgan fingerprint density at radius 1 is 0.845 bits per heavy atom. The highest BCUT2D eigenvalue weighted by molar-refractivity contribution is 7.22. The van der Waals surface area contributed by atoms with E-state index >= 15 is 0 Å². The highest BCUT2D eigenvalue weighted by Crippen LogP contribution is 2.37. The molecule has 3 aliphatic rings. The summed E-state index contributed by atoms with van der Waals surface area (Å²) in [4.78, 5) is 67.1. The Hall–Kier alpha value is -7.95. The Morgan fingerprint density at radius 3 is 2.46 bits per heavy atom. The summed E-state index contributed by atoms with van der Waals surface area (Å²) in [6.07, 6.45) is 2.36. The lowest BCUT2D eigenvalue weighted by atomic mass is 9.93. The Balaban J connectivity index is 0.710. The molecule has 15 nitrogen and oxygen atoms in total. The summed E-state index contributed by atoms with van der Waals surface area (Å²) < 4.78 is 9.25. The van der Waals surface area contributed by atoms with E-state index in [1.807, 2.05) is 108 Å². The SMILES string of the molecule is Cc1c(Oc2ccc(CCN3CCN(c4ccc5c(C6CCC(=O)NC6=O)nn(C)c5c4)CC3)cc2)cccc1-c1ccc(N2CCc3cccc(C(=O)Nc4nc5ccccc5s4)c3C2)nc1C(=O)O. The molecule has 0 aliphatic carbocycles. The number of ether oxygens (including phenoxy) is 1. The van der Waals surface area contributed by atoms with Gasteiger partial charge in [-0.15, -0.1) is 0 Å². The summed E-state index contributed by atoms with van der Waals surface area (Å²) in [6, 6.07) is 37.3. The third-order valence-corrected chi connectivity index (χ3v) is 15.0. The minimum atomic E-state index is -1.13. The van der Waals surface area contributed by atoms with E-state index in [0.717, 1.165) is 88.3 Å². The zero-order chi connectivity index (χ0) is 48.8. The molecule has 2 saturated heterocycles. The van der Waals surface area contributed by atoms with Gasteiger partial charge >= 0.3 is 5.97 Å². The van der Waals surface area contributed by atoms with Gasteiger partial charge in [0.2, 0.25) is 11.8 Å². The van der Waals surface area contributed by atoms with E-state index in [1.165, 1.54) is 16.9 Å². The van der Waals surface area contributed by atoms with Crippen LogP contribution in [-0.2, 0) is 36.0 Å². The van der Waals surface area contributed by atoms with E-state index < -0.39 is 11.9 Å². The minimum Gasteiger partial charge on any atom is -0.476 e. The normalized spacial score (nSPS) is 16.3. The first kappa shape index (κ1) is 45.5. The van der Waals surface area contributed by atoms with E-state index in [-0.39, 0.29) is 23.4 Å². The molecule has 0 saturated carbocycles. The number of carbonyl (C=O) groups is 4. The number of aromatic nitrogens is 4. The number of aryl methyl sites for hydroxylation is 1. The maximum atomic E-state index is 13.7. The number of nitrogens with zero attached hydrogens (tertiary/aromatic N) is 7. The predicted octanol–water partition coefficient (Wildman–Crippen LogP) is 8.74. The van der Waals surface area contributed by atoms with E-state index in [9.17, 15) is 24.3 Å². The van der Waals surface area contributed by atoms with Crippen LogP contribution in [0.2, 0.25) is 0 Å². The lowest BCUT2D eigenvalue weighted by molar-refractivity contribution is -0.134. The minimum absolute atomic E-state index is 0.0607. The molecule has 0 radical (unpaired) electrons. The molecule has 6 heterocycles. The predicted molar refractivity (Wildman–Crippen MR) is 275 cm³/mol. The molecule has 3 amide bonds. The third-order valence-electron chi connectivity index (χ3n) is 14.1. The molecule has 11 rings (SSSR count). The van der Waals surface area contributed by atoms with Crippen molar-refractivity contribution in [1.29, 1.82) is 0 Å². The Morgan fingerprint density at radius 2 is 1.66 bits per heavy atom. The molecule has 1 atom stereocenters. The van der Waals surface area contributed by atoms with Gasteiger partial charge in [-0.25, -0.2) is 14.8 Å². The maximum absolute atomic E-state index is 13.7. The van der Waals surface area contributed by atoms with Crippen molar-refractivity contribution in [2.45, 2.75) is 45.1 Å². The average Bonchev–Trinajstić information content (AvgIpc) is 3.95. The highest BCUT2D eigenvalue weighted by atomic mass is 32.1. The number of fused-ring (bicyclic) bond motifs is 3. The smallest absolute Gasteiger partial charge is 0.355 e. The summed E-state index contributed by atoms with van der Waals surface area (Å²) in [5.41, 5.74) is 9.30. The number of thiazole rings is 1. The van der Waals surface area contributed by atoms with Crippen LogP contribution in [0.25, 0.3) is 32.2 Å². The molecule has 3 aromatic heterocycles. The number of carboxylic acids is 1. The number of hydrogen-bond donors (Lipinski definition) is 3. The lowest BCUT2D eigenvalue weighted by Crippen LogP contribution is -2.47. The monoisotopic (exact) mass is 965 g/mol. The number of pyridine rings is 1. The number of nitrogens with one attached hydrogen (secondary N) is 2. The highest BCUT2D eigenvalue weighted by Gasteiger charge is 2.32. The molecule has 8 aromatic rings. The van der Waals surface area contributed by atoms with Gasteiger partial charge in [-0.05, 0) is 121 Å². The van der Waals surface area contributed by atoms with Crippen LogP contribution in [0.3, 0.4) is 0 Å². The summed E-state index contributed by atoms with van der Waals surface area (Å²) in [6.45, 7) is 7.53. The number of benzene rings is 5. The second kappa shape index (κ2) is 19.1. The van der Waals surface area contributed by atoms with Gasteiger partial charge in [-0.2, -0.15) is 5.10 Å². The second-order valence-electron chi connectivity index (χ2n) is 18.4. The Kier molecular flexibility index (Phi) is 12.2. The quantitative estimate of drug-likeness (QED) is 0.0995. The van der Waals surface area contributed by atoms with Gasteiger partial charge < -0.3 is 19.6 Å². The number of carboxylic acid groups (broad SMARTS) is 1. The molecule has 3 N–H and O–H groups in total. The second-order valence-corrected chi connectivity index (χ2v) is 19.4. The molecule has 358 valence electrons. The number of rotatable bonds is 12. The van der Waals surface area contributed by atoms with E-state index in [1.54, 1.807) is 0 Å². The van der Waals surface area contributed by atoms with Gasteiger partial charge in [-0.1, -0.05) is 59.9 Å². The van der Waals surface area contributed by atoms with Crippen molar-refractivity contribution in [3.63, 3.8) is 0 Å². The standard InChI is InChI=1S/C55H51N9O6S/c1-33-38(39-19-21-48(57-51(39)54(68)69)64-26-24-35-7-5-9-40(43(35)32-64)52(66)59-55-56-44-10-3-4-12-47(44)71-55)8-6-11-46(33)70-37-16-13-34(14-17-37)23-25-62-27-29-63(30-28-62)36-15-18-41-45(31-36)61(2)60-50(41)42-20-22-49(65)58-53(42)67/h3-19,21,31,42H,20,22-30,32H2,1-2H3,(H,68,69)(H,56,59,66)(H,58,65,67). The van der Waals surface area contributed by atoms with Gasteiger partial charge in [0.1, 0.15) is 17.3 Å². The molecule has 71 heavy (non-hydrogen) atoms. The number of hydrogen-bond acceptors (Lipinski definition) is 12. The number of imide groups is 1. The molecule has 5 aromatic carbocycles. The molecule has 16 heteroatoms. The van der Waals surface area contributed by atoms with Crippen LogP contribution in [0.1, 0.15) is 67.6 Å². The zero-order valence-electron chi connectivity index (χ0n) is 39.4. The van der Waals surface area contributed by atoms with Crippen LogP contribution < -0.4 is 25.2 Å². The van der Waals surface area contributed by atoms with Crippen LogP contribution >= 0.6 is 11.3 Å². The number of para-hydroxylation sites is 1. The summed E-state index contributed by atoms with van der Waals surface area (Å²) >= 11 is 1.43. The van der Waals surface area contributed by atoms with Crippen LogP contribution in [0, 0.1) is 6.92 Å². The number of piperazine rings is 1. The van der Waals surface area contributed by atoms with E-state index in [0.29, 0.717) is 71.5 Å².